The number of halogens is 3. The van der Waals surface area contributed by atoms with E-state index in [-0.39, 0.29) is 17.5 Å². The summed E-state index contributed by atoms with van der Waals surface area (Å²) >= 11 is 1.25. The zero-order valence-corrected chi connectivity index (χ0v) is 17.9. The maximum Gasteiger partial charge on any atom is 0.420 e. The van der Waals surface area contributed by atoms with Crippen molar-refractivity contribution in [3.63, 3.8) is 0 Å². The summed E-state index contributed by atoms with van der Waals surface area (Å²) in [5.41, 5.74) is -0.563. The van der Waals surface area contributed by atoms with Gasteiger partial charge in [0.2, 0.25) is 6.20 Å². The second kappa shape index (κ2) is 7.15. The molecule has 1 amide bonds. The summed E-state index contributed by atoms with van der Waals surface area (Å²) in [7, 11) is 0. The summed E-state index contributed by atoms with van der Waals surface area (Å²) in [6.45, 7) is 0.335. The van der Waals surface area contributed by atoms with Crippen LogP contribution in [0.1, 0.15) is 66.2 Å². The lowest BCUT2D eigenvalue weighted by molar-refractivity contribution is -0.932. The number of thioether (sulfide) groups is 1. The number of alkyl halides is 3. The maximum atomic E-state index is 14.1. The van der Waals surface area contributed by atoms with Gasteiger partial charge in [-0.15, -0.1) is 0 Å². The highest BCUT2D eigenvalue weighted by Crippen LogP contribution is 2.63. The van der Waals surface area contributed by atoms with E-state index < -0.39 is 23.3 Å². The van der Waals surface area contributed by atoms with Crippen LogP contribution in [0, 0.1) is 11.3 Å². The quantitative estimate of drug-likeness (QED) is 0.385. The SMILES string of the molecule is CSc1cc(NC(=O)c2c(C(F)(F)F)c(C3CC3)nn2CC2CC3(CC3)C2)cc[n+]1O. The molecular weight excluding hydrogens is 429 g/mol. The van der Waals surface area contributed by atoms with Crippen LogP contribution in [0.5, 0.6) is 0 Å². The number of hydrogen-bond donors (Lipinski definition) is 2. The van der Waals surface area contributed by atoms with E-state index in [1.54, 1.807) is 6.26 Å². The molecule has 6 nitrogen and oxygen atoms in total. The van der Waals surface area contributed by atoms with E-state index in [0.717, 1.165) is 17.6 Å². The predicted octanol–water partition coefficient (Wildman–Crippen LogP) is 4.47. The Hall–Kier alpha value is -2.23. The maximum absolute atomic E-state index is 14.1. The predicted molar refractivity (Wildman–Crippen MR) is 107 cm³/mol. The van der Waals surface area contributed by atoms with E-state index in [1.807, 2.05) is 0 Å². The van der Waals surface area contributed by atoms with Crippen molar-refractivity contribution in [2.75, 3.05) is 11.6 Å². The zero-order chi connectivity index (χ0) is 22.0. The normalized spacial score (nSPS) is 20.0. The van der Waals surface area contributed by atoms with Gasteiger partial charge in [0.25, 0.3) is 10.9 Å². The van der Waals surface area contributed by atoms with Crippen LogP contribution in [-0.4, -0.2) is 27.2 Å². The Bertz CT molecular complexity index is 1040. The van der Waals surface area contributed by atoms with Gasteiger partial charge < -0.3 is 5.32 Å². The molecular formula is C21H24F3N4O2S+. The van der Waals surface area contributed by atoms with Gasteiger partial charge in [0.05, 0.1) is 11.4 Å². The van der Waals surface area contributed by atoms with Crippen molar-refractivity contribution >= 4 is 23.4 Å². The van der Waals surface area contributed by atoms with E-state index >= 15 is 0 Å². The monoisotopic (exact) mass is 453 g/mol. The molecule has 5 rings (SSSR count). The minimum Gasteiger partial charge on any atom is -0.320 e. The molecule has 2 N–H and O–H groups in total. The number of hydrogen-bond acceptors (Lipinski definition) is 4. The van der Waals surface area contributed by atoms with Gasteiger partial charge in [0.1, 0.15) is 11.3 Å². The second-order valence-electron chi connectivity index (χ2n) is 9.09. The fraction of sp³-hybridized carbons (Fsp3) is 0.571. The summed E-state index contributed by atoms with van der Waals surface area (Å²) in [6.07, 6.45) is 4.16. The highest BCUT2D eigenvalue weighted by atomic mass is 32.2. The van der Waals surface area contributed by atoms with Crippen LogP contribution in [0.2, 0.25) is 0 Å². The third-order valence-corrected chi connectivity index (χ3v) is 7.36. The van der Waals surface area contributed by atoms with Gasteiger partial charge in [-0.1, -0.05) is 11.8 Å². The van der Waals surface area contributed by atoms with Gasteiger partial charge in [-0.25, -0.2) is 0 Å². The molecule has 2 aromatic rings. The van der Waals surface area contributed by atoms with Crippen LogP contribution in [-0.2, 0) is 12.7 Å². The number of amides is 1. The van der Waals surface area contributed by atoms with Gasteiger partial charge in [-0.3, -0.25) is 14.7 Å². The molecule has 3 aliphatic rings. The standard InChI is InChI=1S/C21H23F3N4O2S/c1-31-15-8-14(4-7-28(15)30)25-19(29)18-16(21(22,23)24)17(13-2-3-13)26-27(18)11-12-9-20(10-12)5-6-20/h4,7-8,12-13,30H,2-3,5-6,9-11H2,1H3/p+1. The minimum atomic E-state index is -4.66. The lowest BCUT2D eigenvalue weighted by atomic mass is 9.72. The van der Waals surface area contributed by atoms with Crippen molar-refractivity contribution in [2.45, 2.75) is 62.2 Å². The average Bonchev–Trinajstić information content (AvgIpc) is 3.59. The Morgan fingerprint density at radius 1 is 1.39 bits per heavy atom. The summed E-state index contributed by atoms with van der Waals surface area (Å²) < 4.78 is 44.4. The van der Waals surface area contributed by atoms with Gasteiger partial charge in [-0.2, -0.15) is 18.3 Å². The minimum absolute atomic E-state index is 0.00386. The van der Waals surface area contributed by atoms with Crippen LogP contribution in [0.3, 0.4) is 0 Å². The van der Waals surface area contributed by atoms with Crippen molar-refractivity contribution in [3.05, 3.63) is 35.3 Å². The first-order chi connectivity index (χ1) is 14.7. The molecule has 0 aliphatic heterocycles. The van der Waals surface area contributed by atoms with Crippen LogP contribution in [0.4, 0.5) is 18.9 Å². The number of carbonyl (C=O) groups is 1. The van der Waals surface area contributed by atoms with E-state index in [1.165, 1.54) is 47.6 Å². The Morgan fingerprint density at radius 2 is 2.10 bits per heavy atom. The molecule has 3 aliphatic carbocycles. The Labute approximate surface area is 181 Å². The summed E-state index contributed by atoms with van der Waals surface area (Å²) in [5, 5.41) is 17.1. The van der Waals surface area contributed by atoms with Crippen molar-refractivity contribution in [1.82, 2.24) is 9.78 Å². The van der Waals surface area contributed by atoms with Crippen molar-refractivity contribution in [3.8, 4) is 0 Å². The topological polar surface area (TPSA) is 71.0 Å². The molecule has 0 radical (unpaired) electrons. The molecule has 2 aromatic heterocycles. The summed E-state index contributed by atoms with van der Waals surface area (Å²) in [4.78, 5) is 13.1. The highest BCUT2D eigenvalue weighted by Gasteiger charge is 2.53. The number of nitrogens with one attached hydrogen (secondary N) is 1. The molecule has 0 saturated heterocycles. The molecule has 0 bridgehead atoms. The van der Waals surface area contributed by atoms with Crippen LogP contribution < -0.4 is 10.0 Å². The van der Waals surface area contributed by atoms with E-state index in [4.69, 9.17) is 0 Å². The summed E-state index contributed by atoms with van der Waals surface area (Å²) in [5.74, 6) is -0.793. The van der Waals surface area contributed by atoms with Gasteiger partial charge in [0, 0.05) is 29.3 Å². The number of aromatic nitrogens is 3. The number of pyridine rings is 1. The Kier molecular flexibility index (Phi) is 4.76. The third-order valence-electron chi connectivity index (χ3n) is 6.64. The lowest BCUT2D eigenvalue weighted by Crippen LogP contribution is -2.33. The van der Waals surface area contributed by atoms with Crippen LogP contribution in [0.15, 0.2) is 23.4 Å². The molecule has 10 heteroatoms. The molecule has 31 heavy (non-hydrogen) atoms. The Balaban J connectivity index is 1.49. The van der Waals surface area contributed by atoms with Gasteiger partial charge in [0.15, 0.2) is 0 Å². The van der Waals surface area contributed by atoms with Gasteiger partial charge >= 0.3 is 6.18 Å². The molecule has 2 heterocycles. The van der Waals surface area contributed by atoms with E-state index in [9.17, 15) is 23.2 Å². The molecule has 0 aromatic carbocycles. The first-order valence-electron chi connectivity index (χ1n) is 10.5. The van der Waals surface area contributed by atoms with Crippen LogP contribution >= 0.6 is 11.8 Å². The first kappa shape index (κ1) is 20.7. The smallest absolute Gasteiger partial charge is 0.320 e. The number of anilines is 1. The average molecular weight is 454 g/mol. The largest absolute Gasteiger partial charge is 0.420 e. The number of rotatable bonds is 6. The fourth-order valence-electron chi connectivity index (χ4n) is 4.78. The lowest BCUT2D eigenvalue weighted by Gasteiger charge is -2.36. The van der Waals surface area contributed by atoms with Crippen molar-refractivity contribution < 1.29 is 27.9 Å². The van der Waals surface area contributed by atoms with E-state index in [2.05, 4.69) is 10.4 Å². The fourth-order valence-corrected chi connectivity index (χ4v) is 5.27. The number of nitrogens with zero attached hydrogens (tertiary/aromatic N) is 3. The highest BCUT2D eigenvalue weighted by molar-refractivity contribution is 7.98. The molecule has 3 saturated carbocycles. The first-order valence-corrected chi connectivity index (χ1v) is 11.7. The molecule has 1 spiro atoms. The molecule has 166 valence electrons. The van der Waals surface area contributed by atoms with Gasteiger partial charge in [-0.05, 0) is 56.1 Å². The number of carbonyl (C=O) groups excluding carboxylic acids is 1. The molecule has 0 atom stereocenters. The van der Waals surface area contributed by atoms with Crippen LogP contribution in [0.25, 0.3) is 0 Å². The molecule has 0 unspecified atom stereocenters. The Morgan fingerprint density at radius 3 is 2.68 bits per heavy atom. The second-order valence-corrected chi connectivity index (χ2v) is 9.92. The van der Waals surface area contributed by atoms with Crippen molar-refractivity contribution in [1.29, 1.82) is 0 Å². The summed E-state index contributed by atoms with van der Waals surface area (Å²) in [6, 6.07) is 2.96. The van der Waals surface area contributed by atoms with Crippen molar-refractivity contribution in [2.24, 2.45) is 11.3 Å². The third kappa shape index (κ3) is 3.90. The van der Waals surface area contributed by atoms with E-state index in [0.29, 0.717) is 35.5 Å². The zero-order valence-electron chi connectivity index (χ0n) is 17.1. The molecule has 3 fully saturated rings.